The molecule has 0 amide bonds. The Hall–Kier alpha value is -2.05. The van der Waals surface area contributed by atoms with Gasteiger partial charge in [0.2, 0.25) is 5.24 Å². The maximum Gasteiger partial charge on any atom is 0.221 e. The third kappa shape index (κ3) is 4.14. The molecule has 3 rings (SSSR count). The van der Waals surface area contributed by atoms with Gasteiger partial charge in [0.1, 0.15) is 23.5 Å². The van der Waals surface area contributed by atoms with Gasteiger partial charge in [-0.2, -0.15) is 0 Å². The lowest BCUT2D eigenvalue weighted by molar-refractivity contribution is -0.111. The minimum absolute atomic E-state index is 0.272. The normalized spacial score (nSPS) is 11.4. The third-order valence-corrected chi connectivity index (χ3v) is 4.29. The molecular formula is C18H21ClN4O2. The number of hydrogen-bond donors (Lipinski definition) is 0. The predicted octanol–water partition coefficient (Wildman–Crippen LogP) is 3.84. The Labute approximate surface area is 151 Å². The van der Waals surface area contributed by atoms with Crippen molar-refractivity contribution in [3.63, 3.8) is 0 Å². The second kappa shape index (κ2) is 8.36. The molecule has 132 valence electrons. The van der Waals surface area contributed by atoms with Crippen molar-refractivity contribution in [1.82, 2.24) is 19.5 Å². The van der Waals surface area contributed by atoms with Crippen molar-refractivity contribution < 1.29 is 9.53 Å². The lowest BCUT2D eigenvalue weighted by atomic mass is 10.2. The first kappa shape index (κ1) is 17.8. The van der Waals surface area contributed by atoms with Crippen LogP contribution in [0.5, 0.6) is 0 Å². The first-order chi connectivity index (χ1) is 12.2. The number of ether oxygens (including phenoxy) is 1. The van der Waals surface area contributed by atoms with Gasteiger partial charge in [-0.05, 0) is 43.5 Å². The Balaban J connectivity index is 1.91. The summed E-state index contributed by atoms with van der Waals surface area (Å²) >= 11 is 5.40. The van der Waals surface area contributed by atoms with Crippen LogP contribution in [0.3, 0.4) is 0 Å². The summed E-state index contributed by atoms with van der Waals surface area (Å²) < 4.78 is 7.75. The van der Waals surface area contributed by atoms with Gasteiger partial charge >= 0.3 is 0 Å². The van der Waals surface area contributed by atoms with Crippen LogP contribution in [-0.4, -0.2) is 31.4 Å². The zero-order chi connectivity index (χ0) is 17.6. The number of hydrogen-bond acceptors (Lipinski definition) is 5. The Bertz CT molecular complexity index is 878. The average molecular weight is 361 g/mol. The molecule has 3 aromatic heterocycles. The number of aromatic nitrogens is 4. The number of aryl methyl sites for hydroxylation is 1. The van der Waals surface area contributed by atoms with Crippen molar-refractivity contribution >= 4 is 38.9 Å². The SMILES string of the molecule is CCOCc1nc2cnc3cccnc3c2n1CCCCCC(=O)Cl. The van der Waals surface area contributed by atoms with Gasteiger partial charge in [0, 0.05) is 25.8 Å². The molecule has 0 aromatic carbocycles. The van der Waals surface area contributed by atoms with Crippen LogP contribution in [0, 0.1) is 0 Å². The van der Waals surface area contributed by atoms with Crippen LogP contribution in [0.4, 0.5) is 0 Å². The Morgan fingerprint density at radius 2 is 2.12 bits per heavy atom. The van der Waals surface area contributed by atoms with Crippen molar-refractivity contribution in [1.29, 1.82) is 0 Å². The molecule has 0 fully saturated rings. The highest BCUT2D eigenvalue weighted by molar-refractivity contribution is 6.63. The second-order valence-corrected chi connectivity index (χ2v) is 6.27. The van der Waals surface area contributed by atoms with E-state index in [2.05, 4.69) is 19.5 Å². The molecule has 0 bridgehead atoms. The number of carbonyl (C=O) groups excluding carboxylic acids is 1. The van der Waals surface area contributed by atoms with Gasteiger partial charge in [0.15, 0.2) is 0 Å². The van der Waals surface area contributed by atoms with Gasteiger partial charge in [-0.25, -0.2) is 4.98 Å². The molecular weight excluding hydrogens is 340 g/mol. The van der Waals surface area contributed by atoms with E-state index in [1.54, 1.807) is 12.4 Å². The molecule has 6 nitrogen and oxygen atoms in total. The van der Waals surface area contributed by atoms with Crippen LogP contribution >= 0.6 is 11.6 Å². The standard InChI is InChI=1S/C18H21ClN4O2/c1-2-25-12-16-22-14-11-21-13-7-6-9-20-17(13)18(14)23(16)10-5-3-4-8-15(19)24/h6-7,9,11H,2-5,8,10,12H2,1H3. The van der Waals surface area contributed by atoms with Gasteiger partial charge in [-0.1, -0.05) is 6.42 Å². The Morgan fingerprint density at radius 3 is 2.92 bits per heavy atom. The summed E-state index contributed by atoms with van der Waals surface area (Å²) in [6.07, 6.45) is 6.66. The van der Waals surface area contributed by atoms with Gasteiger partial charge < -0.3 is 9.30 Å². The summed E-state index contributed by atoms with van der Waals surface area (Å²) in [4.78, 5) is 24.5. The van der Waals surface area contributed by atoms with Gasteiger partial charge in [-0.3, -0.25) is 14.8 Å². The lowest BCUT2D eigenvalue weighted by Crippen LogP contribution is -2.07. The van der Waals surface area contributed by atoms with E-state index in [1.165, 1.54) is 0 Å². The highest BCUT2D eigenvalue weighted by Gasteiger charge is 2.15. The lowest BCUT2D eigenvalue weighted by Gasteiger charge is -2.10. The van der Waals surface area contributed by atoms with Crippen LogP contribution in [0.2, 0.25) is 0 Å². The second-order valence-electron chi connectivity index (χ2n) is 5.85. The molecule has 0 unspecified atom stereocenters. The number of rotatable bonds is 9. The van der Waals surface area contributed by atoms with Crippen molar-refractivity contribution in [2.45, 2.75) is 45.8 Å². The van der Waals surface area contributed by atoms with Crippen LogP contribution < -0.4 is 0 Å². The molecule has 25 heavy (non-hydrogen) atoms. The van der Waals surface area contributed by atoms with Crippen LogP contribution in [0.1, 0.15) is 38.4 Å². The van der Waals surface area contributed by atoms with Crippen LogP contribution in [0.25, 0.3) is 22.1 Å². The first-order valence-electron chi connectivity index (χ1n) is 8.55. The maximum absolute atomic E-state index is 10.8. The van der Waals surface area contributed by atoms with E-state index in [1.807, 2.05) is 19.1 Å². The fourth-order valence-electron chi connectivity index (χ4n) is 2.93. The summed E-state index contributed by atoms with van der Waals surface area (Å²) in [6.45, 7) is 3.86. The summed E-state index contributed by atoms with van der Waals surface area (Å²) in [7, 11) is 0. The number of unbranched alkanes of at least 4 members (excludes halogenated alkanes) is 2. The fraction of sp³-hybridized carbons (Fsp3) is 0.444. The highest BCUT2D eigenvalue weighted by Crippen LogP contribution is 2.24. The molecule has 3 aromatic rings. The van der Waals surface area contributed by atoms with Crippen LogP contribution in [-0.2, 0) is 22.7 Å². The highest BCUT2D eigenvalue weighted by atomic mass is 35.5. The molecule has 0 aliphatic rings. The topological polar surface area (TPSA) is 69.9 Å². The molecule has 3 heterocycles. The predicted molar refractivity (Wildman–Crippen MR) is 97.5 cm³/mol. The van der Waals surface area contributed by atoms with Crippen molar-refractivity contribution in [2.75, 3.05) is 6.61 Å². The minimum Gasteiger partial charge on any atom is -0.374 e. The number of nitrogens with zero attached hydrogens (tertiary/aromatic N) is 4. The molecule has 0 radical (unpaired) electrons. The fourth-order valence-corrected chi connectivity index (χ4v) is 3.06. The average Bonchev–Trinajstić information content (AvgIpc) is 2.97. The molecule has 0 saturated heterocycles. The molecule has 0 N–H and O–H groups in total. The van der Waals surface area contributed by atoms with E-state index >= 15 is 0 Å². The minimum atomic E-state index is -0.272. The van der Waals surface area contributed by atoms with Crippen LogP contribution in [0.15, 0.2) is 24.5 Å². The van der Waals surface area contributed by atoms with E-state index < -0.39 is 0 Å². The van der Waals surface area contributed by atoms with Gasteiger partial charge in [0.25, 0.3) is 0 Å². The zero-order valence-corrected chi connectivity index (χ0v) is 15.0. The Morgan fingerprint density at radius 1 is 1.24 bits per heavy atom. The summed E-state index contributed by atoms with van der Waals surface area (Å²) in [6, 6.07) is 3.83. The van der Waals surface area contributed by atoms with E-state index in [4.69, 9.17) is 16.3 Å². The van der Waals surface area contributed by atoms with E-state index in [0.29, 0.717) is 19.6 Å². The molecule has 0 aliphatic heterocycles. The van der Waals surface area contributed by atoms with Gasteiger partial charge in [-0.15, -0.1) is 0 Å². The number of pyridine rings is 2. The third-order valence-electron chi connectivity index (χ3n) is 4.10. The van der Waals surface area contributed by atoms with Crippen molar-refractivity contribution in [2.24, 2.45) is 0 Å². The zero-order valence-electron chi connectivity index (χ0n) is 14.2. The summed E-state index contributed by atoms with van der Waals surface area (Å²) in [5.41, 5.74) is 3.53. The Kier molecular flexibility index (Phi) is 5.94. The van der Waals surface area contributed by atoms with Gasteiger partial charge in [0.05, 0.1) is 17.2 Å². The maximum atomic E-state index is 10.8. The quantitative estimate of drug-likeness (QED) is 0.428. The monoisotopic (exact) mass is 360 g/mol. The smallest absolute Gasteiger partial charge is 0.221 e. The summed E-state index contributed by atoms with van der Waals surface area (Å²) in [5.74, 6) is 0.880. The molecule has 0 spiro atoms. The number of imidazole rings is 1. The number of halogens is 1. The molecule has 0 aliphatic carbocycles. The molecule has 0 atom stereocenters. The molecule has 0 saturated carbocycles. The van der Waals surface area contributed by atoms with E-state index in [0.717, 1.165) is 53.7 Å². The number of fused-ring (bicyclic) bond motifs is 3. The molecule has 7 heteroatoms. The largest absolute Gasteiger partial charge is 0.374 e. The van der Waals surface area contributed by atoms with Crippen molar-refractivity contribution in [3.05, 3.63) is 30.4 Å². The van der Waals surface area contributed by atoms with Crippen molar-refractivity contribution in [3.8, 4) is 0 Å². The van der Waals surface area contributed by atoms with E-state index in [-0.39, 0.29) is 5.24 Å². The summed E-state index contributed by atoms with van der Waals surface area (Å²) in [5, 5.41) is -0.272. The van der Waals surface area contributed by atoms with E-state index in [9.17, 15) is 4.79 Å². The number of carbonyl (C=O) groups is 1. The first-order valence-corrected chi connectivity index (χ1v) is 8.93.